The summed E-state index contributed by atoms with van der Waals surface area (Å²) in [7, 11) is 3.75. The first kappa shape index (κ1) is 46.9. The third kappa shape index (κ3) is 235. The molecule has 0 bridgehead atoms. The quantitative estimate of drug-likeness (QED) is 0.365. The highest BCUT2D eigenvalue weighted by atomic mass is 14.7. The SMILES string of the molecule is CC.CCC.CCCC.CCCCC.CCCCCC.CCCCCC.CNC. The first-order valence-corrected chi connectivity index (χ1v) is 13.6. The molecule has 0 aliphatic heterocycles. The Labute approximate surface area is 192 Å². The summed E-state index contributed by atoms with van der Waals surface area (Å²) in [5, 5.41) is 2.75. The van der Waals surface area contributed by atoms with Crippen molar-refractivity contribution in [3.8, 4) is 0 Å². The van der Waals surface area contributed by atoms with Crippen molar-refractivity contribution in [1.82, 2.24) is 5.32 Å². The van der Waals surface area contributed by atoms with E-state index < -0.39 is 0 Å². The molecule has 0 unspecified atom stereocenters. The van der Waals surface area contributed by atoms with Crippen LogP contribution in [0.25, 0.3) is 0 Å². The van der Waals surface area contributed by atoms with Gasteiger partial charge in [-0.1, -0.05) is 173 Å². The summed E-state index contributed by atoms with van der Waals surface area (Å²) < 4.78 is 0. The lowest BCUT2D eigenvalue weighted by molar-refractivity contribution is 0.702. The van der Waals surface area contributed by atoms with E-state index in [4.69, 9.17) is 0 Å². The number of nitrogens with one attached hydrogen (secondary N) is 1. The lowest BCUT2D eigenvalue weighted by Gasteiger charge is -1.86. The van der Waals surface area contributed by atoms with Gasteiger partial charge in [-0.15, -0.1) is 0 Å². The predicted molar refractivity (Wildman–Crippen MR) is 148 cm³/mol. The molecule has 0 aromatic carbocycles. The predicted octanol–water partition coefficient (Wildman–Crippen LogP) is 11.5. The van der Waals surface area contributed by atoms with Gasteiger partial charge >= 0.3 is 0 Å². The van der Waals surface area contributed by atoms with Crippen LogP contribution in [0.5, 0.6) is 0 Å². The summed E-state index contributed by atoms with van der Waals surface area (Å²) in [5.74, 6) is 0. The maximum Gasteiger partial charge on any atom is -0.0167 e. The molecular formula is C28H71N. The van der Waals surface area contributed by atoms with Crippen LogP contribution in [-0.4, -0.2) is 14.1 Å². The zero-order chi connectivity index (χ0) is 24.6. The molecule has 0 fully saturated rings. The minimum absolute atomic E-state index is 1.25. The van der Waals surface area contributed by atoms with Crippen LogP contribution in [0.3, 0.4) is 0 Å². The summed E-state index contributed by atoms with van der Waals surface area (Å²) in [6, 6.07) is 0. The number of hydrogen-bond acceptors (Lipinski definition) is 1. The van der Waals surface area contributed by atoms with Gasteiger partial charge in [-0.05, 0) is 14.1 Å². The van der Waals surface area contributed by atoms with E-state index in [1.807, 2.05) is 27.9 Å². The van der Waals surface area contributed by atoms with Gasteiger partial charge in [-0.3, -0.25) is 0 Å². The molecule has 0 saturated carbocycles. The van der Waals surface area contributed by atoms with Gasteiger partial charge in [0.2, 0.25) is 0 Å². The first-order valence-electron chi connectivity index (χ1n) is 13.6. The molecule has 0 rings (SSSR count). The maximum absolute atomic E-state index is 2.75. The van der Waals surface area contributed by atoms with E-state index in [0.29, 0.717) is 0 Å². The van der Waals surface area contributed by atoms with E-state index in [9.17, 15) is 0 Å². The van der Waals surface area contributed by atoms with Crippen molar-refractivity contribution in [1.29, 1.82) is 0 Å². The van der Waals surface area contributed by atoms with Crippen molar-refractivity contribution in [2.75, 3.05) is 14.1 Å². The second-order valence-electron chi connectivity index (χ2n) is 6.97. The molecule has 0 atom stereocenters. The average Bonchev–Trinajstić information content (AvgIpc) is 2.75. The molecule has 1 nitrogen and oxygen atoms in total. The molecule has 1 N–H and O–H groups in total. The first-order chi connectivity index (χ1) is 14.0. The summed E-state index contributed by atoms with van der Waals surface area (Å²) in [6.45, 7) is 26.0. The van der Waals surface area contributed by atoms with Crippen LogP contribution < -0.4 is 5.32 Å². The Kier molecular flexibility index (Phi) is 147. The normalized spacial score (nSPS) is 7.66. The van der Waals surface area contributed by atoms with Crippen LogP contribution >= 0.6 is 0 Å². The Morgan fingerprint density at radius 3 is 0.517 bits per heavy atom. The lowest BCUT2D eigenvalue weighted by Crippen LogP contribution is -1.89. The Morgan fingerprint density at radius 1 is 0.345 bits per heavy atom. The largest absolute Gasteiger partial charge is 0.323 e. The molecule has 0 heterocycles. The van der Waals surface area contributed by atoms with E-state index in [0.717, 1.165) is 0 Å². The molecular weight excluding hydrogens is 350 g/mol. The minimum atomic E-state index is 1.25. The van der Waals surface area contributed by atoms with Crippen LogP contribution in [0, 0.1) is 0 Å². The number of unbranched alkanes of at least 4 members (excludes halogenated alkanes) is 9. The van der Waals surface area contributed by atoms with Crippen molar-refractivity contribution >= 4 is 0 Å². The second-order valence-corrected chi connectivity index (χ2v) is 6.97. The fraction of sp³-hybridized carbons (Fsp3) is 1.00. The van der Waals surface area contributed by atoms with E-state index in [2.05, 4.69) is 74.6 Å². The van der Waals surface area contributed by atoms with E-state index in [1.54, 1.807) is 0 Å². The zero-order valence-electron chi connectivity index (χ0n) is 24.4. The van der Waals surface area contributed by atoms with Gasteiger partial charge in [0.15, 0.2) is 0 Å². The van der Waals surface area contributed by atoms with Crippen molar-refractivity contribution < 1.29 is 0 Å². The summed E-state index contributed by atoms with van der Waals surface area (Å²) >= 11 is 0. The highest BCUT2D eigenvalue weighted by Crippen LogP contribution is 1.96. The number of rotatable bonds is 9. The molecule has 1 heteroatoms. The Hall–Kier alpha value is -0.0400. The molecule has 0 saturated heterocycles. The third-order valence-electron chi connectivity index (χ3n) is 3.12. The topological polar surface area (TPSA) is 12.0 Å². The van der Waals surface area contributed by atoms with Crippen LogP contribution in [0.4, 0.5) is 0 Å². The van der Waals surface area contributed by atoms with Gasteiger partial charge in [0, 0.05) is 0 Å². The van der Waals surface area contributed by atoms with Crippen molar-refractivity contribution in [2.45, 2.75) is 173 Å². The molecule has 0 amide bonds. The van der Waals surface area contributed by atoms with Gasteiger partial charge in [-0.2, -0.15) is 0 Å². The standard InChI is InChI=1S/2C6H14.C5H12.C4H10.C3H8.C2H7N.C2H6/c2*1-3-5-6-4-2;1-3-5-4-2;1-3-4-2;2*1-3-2;1-2/h2*3-6H2,1-2H3;3-5H2,1-2H3;3-4H2,1-2H3;3H2,1-2H3;3H,1-2H3;1-2H3. The molecule has 0 aliphatic carbocycles. The van der Waals surface area contributed by atoms with Crippen LogP contribution in [0.15, 0.2) is 0 Å². The van der Waals surface area contributed by atoms with Gasteiger partial charge in [-0.25, -0.2) is 0 Å². The molecule has 29 heavy (non-hydrogen) atoms. The van der Waals surface area contributed by atoms with E-state index in [-0.39, 0.29) is 0 Å². The fourth-order valence-electron chi connectivity index (χ4n) is 1.35. The Balaban J connectivity index is -0.0000000401. The monoisotopic (exact) mass is 422 g/mol. The van der Waals surface area contributed by atoms with Gasteiger partial charge < -0.3 is 5.32 Å². The Morgan fingerprint density at radius 2 is 0.483 bits per heavy atom. The highest BCUT2D eigenvalue weighted by molar-refractivity contribution is 4.31. The Bertz CT molecular complexity index is 101. The van der Waals surface area contributed by atoms with Gasteiger partial charge in [0.1, 0.15) is 0 Å². The van der Waals surface area contributed by atoms with Gasteiger partial charge in [0.25, 0.3) is 0 Å². The molecule has 0 aromatic rings. The third-order valence-corrected chi connectivity index (χ3v) is 3.12. The van der Waals surface area contributed by atoms with Crippen molar-refractivity contribution in [3.05, 3.63) is 0 Å². The molecule has 0 spiro atoms. The maximum atomic E-state index is 2.75. The van der Waals surface area contributed by atoms with Crippen LogP contribution in [-0.2, 0) is 0 Å². The highest BCUT2D eigenvalue weighted by Gasteiger charge is 1.76. The number of hydrogen-bond donors (Lipinski definition) is 1. The van der Waals surface area contributed by atoms with Gasteiger partial charge in [0.05, 0.1) is 0 Å². The molecule has 0 aliphatic rings. The van der Waals surface area contributed by atoms with Crippen LogP contribution in [0.1, 0.15) is 173 Å². The van der Waals surface area contributed by atoms with Crippen molar-refractivity contribution in [3.63, 3.8) is 0 Å². The molecule has 0 aromatic heterocycles. The fourth-order valence-corrected chi connectivity index (χ4v) is 1.35. The van der Waals surface area contributed by atoms with E-state index >= 15 is 0 Å². The minimum Gasteiger partial charge on any atom is -0.323 e. The van der Waals surface area contributed by atoms with Crippen LogP contribution in [0.2, 0.25) is 0 Å². The van der Waals surface area contributed by atoms with E-state index in [1.165, 1.54) is 89.9 Å². The smallest absolute Gasteiger partial charge is 0.0167 e. The van der Waals surface area contributed by atoms with Crippen molar-refractivity contribution in [2.24, 2.45) is 0 Å². The molecule has 188 valence electrons. The lowest BCUT2D eigenvalue weighted by atomic mass is 10.2. The summed E-state index contributed by atoms with van der Waals surface area (Å²) in [4.78, 5) is 0. The summed E-state index contributed by atoms with van der Waals surface area (Å²) in [6.07, 6.45) is 19.0. The molecule has 0 radical (unpaired) electrons. The second kappa shape index (κ2) is 90.8. The summed E-state index contributed by atoms with van der Waals surface area (Å²) in [5.41, 5.74) is 0. The zero-order valence-corrected chi connectivity index (χ0v) is 24.4. The average molecular weight is 422 g/mol.